The lowest BCUT2D eigenvalue weighted by Gasteiger charge is -2.35. The zero-order chi connectivity index (χ0) is 16.4. The van der Waals surface area contributed by atoms with Crippen LogP contribution < -0.4 is 10.2 Å². The van der Waals surface area contributed by atoms with Crippen LogP contribution in [0.5, 0.6) is 0 Å². The number of anilines is 1. The normalized spacial score (nSPS) is 26.9. The van der Waals surface area contributed by atoms with Crippen LogP contribution in [0.3, 0.4) is 0 Å². The van der Waals surface area contributed by atoms with Gasteiger partial charge in [0.15, 0.2) is 9.84 Å². The number of sulfone groups is 1. The molecule has 23 heavy (non-hydrogen) atoms. The van der Waals surface area contributed by atoms with Gasteiger partial charge in [0.05, 0.1) is 23.1 Å². The molecule has 126 valence electrons. The number of hydrogen-bond donors (Lipinski definition) is 1. The lowest BCUT2D eigenvalue weighted by atomic mass is 10.0. The van der Waals surface area contributed by atoms with E-state index in [2.05, 4.69) is 5.32 Å². The smallest absolute Gasteiger partial charge is 0.224 e. The molecule has 1 amide bonds. The molecule has 1 N–H and O–H groups in total. The molecule has 1 aromatic rings. The summed E-state index contributed by atoms with van der Waals surface area (Å²) in [6.45, 7) is 1.30. The van der Waals surface area contributed by atoms with E-state index in [4.69, 9.17) is 0 Å². The summed E-state index contributed by atoms with van der Waals surface area (Å²) in [4.78, 5) is 14.2. The first-order valence-electron chi connectivity index (χ1n) is 7.95. The van der Waals surface area contributed by atoms with Crippen molar-refractivity contribution in [1.29, 1.82) is 0 Å². The number of carbonyl (C=O) groups is 1. The Hall–Kier alpha value is -1.63. The first-order valence-corrected chi connectivity index (χ1v) is 9.77. The van der Waals surface area contributed by atoms with Gasteiger partial charge in [0.25, 0.3) is 0 Å². The molecule has 7 heteroatoms. The quantitative estimate of drug-likeness (QED) is 0.902. The van der Waals surface area contributed by atoms with Crippen LogP contribution in [-0.2, 0) is 14.6 Å². The van der Waals surface area contributed by atoms with Crippen LogP contribution in [0.25, 0.3) is 0 Å². The fourth-order valence-corrected chi connectivity index (χ4v) is 5.08. The number of piperidine rings is 1. The molecule has 2 heterocycles. The molecule has 0 spiro atoms. The molecule has 2 aliphatic rings. The minimum atomic E-state index is -3.06. The maximum Gasteiger partial charge on any atom is 0.224 e. The number of halogens is 1. The Morgan fingerprint density at radius 2 is 2.04 bits per heavy atom. The second-order valence-corrected chi connectivity index (χ2v) is 8.57. The van der Waals surface area contributed by atoms with Crippen molar-refractivity contribution in [1.82, 2.24) is 5.32 Å². The average molecular weight is 340 g/mol. The molecular formula is C16H21FN2O3S. The third kappa shape index (κ3) is 3.83. The zero-order valence-corrected chi connectivity index (χ0v) is 13.7. The highest BCUT2D eigenvalue weighted by Crippen LogP contribution is 2.24. The van der Waals surface area contributed by atoms with E-state index in [0.717, 1.165) is 19.4 Å². The number of rotatable bonds is 3. The number of amides is 1. The summed E-state index contributed by atoms with van der Waals surface area (Å²) in [7, 11) is -3.06. The molecule has 3 rings (SSSR count). The molecule has 5 nitrogen and oxygen atoms in total. The van der Waals surface area contributed by atoms with Gasteiger partial charge in [-0.2, -0.15) is 0 Å². The van der Waals surface area contributed by atoms with Crippen molar-refractivity contribution < 1.29 is 17.6 Å². The van der Waals surface area contributed by atoms with Crippen LogP contribution in [0.15, 0.2) is 24.3 Å². The third-order valence-electron chi connectivity index (χ3n) is 4.56. The number of nitrogens with zero attached hydrogens (tertiary/aromatic N) is 1. The molecule has 2 unspecified atom stereocenters. The number of hydrogen-bond acceptors (Lipinski definition) is 4. The predicted octanol–water partition coefficient (Wildman–Crippen LogP) is 1.35. The predicted molar refractivity (Wildman–Crippen MR) is 86.5 cm³/mol. The summed E-state index contributed by atoms with van der Waals surface area (Å²) in [5, 5.41) is 2.95. The molecule has 1 aromatic carbocycles. The third-order valence-corrected chi connectivity index (χ3v) is 6.33. The Balaban J connectivity index is 1.61. The summed E-state index contributed by atoms with van der Waals surface area (Å²) in [6.07, 6.45) is 2.09. The number of para-hydroxylation sites is 1. The molecule has 2 atom stereocenters. The van der Waals surface area contributed by atoms with Crippen LogP contribution in [0, 0.1) is 11.7 Å². The maximum atomic E-state index is 13.9. The molecule has 2 aliphatic heterocycles. The van der Waals surface area contributed by atoms with Gasteiger partial charge in [-0.3, -0.25) is 4.79 Å². The number of carbonyl (C=O) groups excluding carboxylic acids is 1. The van der Waals surface area contributed by atoms with Crippen molar-refractivity contribution in [3.63, 3.8) is 0 Å². The molecule has 0 bridgehead atoms. The van der Waals surface area contributed by atoms with Crippen molar-refractivity contribution in [3.05, 3.63) is 30.1 Å². The van der Waals surface area contributed by atoms with Crippen molar-refractivity contribution >= 4 is 21.4 Å². The van der Waals surface area contributed by atoms with Crippen LogP contribution in [0.2, 0.25) is 0 Å². The summed E-state index contributed by atoms with van der Waals surface area (Å²) in [6, 6.07) is 6.55. The van der Waals surface area contributed by atoms with Gasteiger partial charge in [0.2, 0.25) is 5.91 Å². The van der Waals surface area contributed by atoms with Gasteiger partial charge in [0, 0.05) is 19.1 Å². The van der Waals surface area contributed by atoms with Crippen LogP contribution in [0.4, 0.5) is 10.1 Å². The highest BCUT2D eigenvalue weighted by Gasteiger charge is 2.34. The van der Waals surface area contributed by atoms with Gasteiger partial charge in [-0.15, -0.1) is 0 Å². The molecular weight excluding hydrogens is 319 g/mol. The van der Waals surface area contributed by atoms with Crippen LogP contribution in [0.1, 0.15) is 19.3 Å². The Kier molecular flexibility index (Phi) is 4.57. The number of nitrogens with one attached hydrogen (secondary N) is 1. The Morgan fingerprint density at radius 3 is 2.74 bits per heavy atom. The second-order valence-electron chi connectivity index (χ2n) is 6.35. The van der Waals surface area contributed by atoms with Gasteiger partial charge in [-0.1, -0.05) is 12.1 Å². The minimum Gasteiger partial charge on any atom is -0.367 e. The zero-order valence-electron chi connectivity index (χ0n) is 12.9. The summed E-state index contributed by atoms with van der Waals surface area (Å²) >= 11 is 0. The van der Waals surface area contributed by atoms with Crippen molar-refractivity contribution in [3.8, 4) is 0 Å². The van der Waals surface area contributed by atoms with E-state index in [9.17, 15) is 17.6 Å². The summed E-state index contributed by atoms with van der Waals surface area (Å²) in [5.74, 6) is -0.851. The lowest BCUT2D eigenvalue weighted by molar-refractivity contribution is -0.125. The van der Waals surface area contributed by atoms with E-state index in [1.165, 1.54) is 6.07 Å². The summed E-state index contributed by atoms with van der Waals surface area (Å²) in [5.41, 5.74) is 0.551. The highest BCUT2D eigenvalue weighted by molar-refractivity contribution is 7.91. The monoisotopic (exact) mass is 340 g/mol. The van der Waals surface area contributed by atoms with E-state index < -0.39 is 15.8 Å². The van der Waals surface area contributed by atoms with E-state index in [0.29, 0.717) is 18.7 Å². The Labute approximate surface area is 135 Å². The largest absolute Gasteiger partial charge is 0.367 e. The standard InChI is InChI=1S/C16H21FN2O3S/c17-14-5-1-2-6-15(14)19-8-3-4-13(10-19)18-16(20)12-7-9-23(21,22)11-12/h1-2,5-6,12-13H,3-4,7-11H2,(H,18,20). The number of benzene rings is 1. The van der Waals surface area contributed by atoms with E-state index in [-0.39, 0.29) is 29.3 Å². The first-order chi connectivity index (χ1) is 10.9. The molecule has 0 radical (unpaired) electrons. The van der Waals surface area contributed by atoms with E-state index >= 15 is 0 Å². The maximum absolute atomic E-state index is 13.9. The van der Waals surface area contributed by atoms with Crippen molar-refractivity contribution in [2.45, 2.75) is 25.3 Å². The second kappa shape index (κ2) is 6.47. The van der Waals surface area contributed by atoms with Gasteiger partial charge in [-0.05, 0) is 31.4 Å². The van der Waals surface area contributed by atoms with Gasteiger partial charge < -0.3 is 10.2 Å². The van der Waals surface area contributed by atoms with Crippen molar-refractivity contribution in [2.24, 2.45) is 5.92 Å². The van der Waals surface area contributed by atoms with E-state index in [1.54, 1.807) is 18.2 Å². The summed E-state index contributed by atoms with van der Waals surface area (Å²) < 4.78 is 36.9. The van der Waals surface area contributed by atoms with Crippen molar-refractivity contribution in [2.75, 3.05) is 29.5 Å². The molecule has 0 aliphatic carbocycles. The molecule has 2 saturated heterocycles. The fourth-order valence-electron chi connectivity index (χ4n) is 3.34. The average Bonchev–Trinajstić information content (AvgIpc) is 2.88. The van der Waals surface area contributed by atoms with Crippen LogP contribution in [-0.4, -0.2) is 45.0 Å². The minimum absolute atomic E-state index is 0.0530. The fraction of sp³-hybridized carbons (Fsp3) is 0.562. The molecule has 0 aromatic heterocycles. The van der Waals surface area contributed by atoms with Crippen LogP contribution >= 0.6 is 0 Å². The molecule has 0 saturated carbocycles. The topological polar surface area (TPSA) is 66.5 Å². The van der Waals surface area contributed by atoms with Gasteiger partial charge >= 0.3 is 0 Å². The van der Waals surface area contributed by atoms with Gasteiger partial charge in [-0.25, -0.2) is 12.8 Å². The SMILES string of the molecule is O=C(NC1CCCN(c2ccccc2F)C1)C1CCS(=O)(=O)C1. The Bertz CT molecular complexity index is 692. The van der Waals surface area contributed by atoms with E-state index in [1.807, 2.05) is 4.90 Å². The highest BCUT2D eigenvalue weighted by atomic mass is 32.2. The van der Waals surface area contributed by atoms with Gasteiger partial charge in [0.1, 0.15) is 5.82 Å². The lowest BCUT2D eigenvalue weighted by Crippen LogP contribution is -2.49. The first kappa shape index (κ1) is 16.2. The molecule has 2 fully saturated rings. The Morgan fingerprint density at radius 1 is 1.26 bits per heavy atom.